The van der Waals surface area contributed by atoms with Gasteiger partial charge < -0.3 is 10.1 Å². The molecule has 1 aliphatic carbocycles. The van der Waals surface area contributed by atoms with Crippen LogP contribution in [0, 0.1) is 13.8 Å². The summed E-state index contributed by atoms with van der Waals surface area (Å²) in [7, 11) is 0. The molecule has 34 heavy (non-hydrogen) atoms. The van der Waals surface area contributed by atoms with Crippen LogP contribution in [0.4, 0.5) is 5.69 Å². The molecule has 1 saturated heterocycles. The van der Waals surface area contributed by atoms with E-state index >= 15 is 0 Å². The maximum absolute atomic E-state index is 12.9. The lowest BCUT2D eigenvalue weighted by atomic mass is 9.83. The highest BCUT2D eigenvalue weighted by Gasteiger charge is 2.28. The predicted octanol–water partition coefficient (Wildman–Crippen LogP) is 4.49. The molecule has 5 rings (SSSR count). The number of carbonyl (C=O) groups is 1. The monoisotopic (exact) mass is 459 g/mol. The molecule has 178 valence electrons. The Morgan fingerprint density at radius 2 is 1.71 bits per heavy atom. The molecule has 0 bridgehead atoms. The first-order chi connectivity index (χ1) is 16.6. The molecular formula is C27H33N5O2. The lowest BCUT2D eigenvalue weighted by molar-refractivity contribution is 0.00721. The second-order valence-electron chi connectivity index (χ2n) is 9.47. The molecule has 0 radical (unpaired) electrons. The van der Waals surface area contributed by atoms with E-state index in [-0.39, 0.29) is 5.91 Å². The number of aryl methyl sites for hydroxylation is 1. The summed E-state index contributed by atoms with van der Waals surface area (Å²) in [5.74, 6) is 0.327. The Morgan fingerprint density at radius 3 is 2.38 bits per heavy atom. The van der Waals surface area contributed by atoms with Gasteiger partial charge in [-0.1, -0.05) is 17.7 Å². The van der Waals surface area contributed by atoms with Crippen molar-refractivity contribution in [2.24, 2.45) is 0 Å². The van der Waals surface area contributed by atoms with Gasteiger partial charge >= 0.3 is 0 Å². The van der Waals surface area contributed by atoms with Crippen molar-refractivity contribution in [3.8, 4) is 5.69 Å². The lowest BCUT2D eigenvalue weighted by Gasteiger charge is -2.38. The van der Waals surface area contributed by atoms with Crippen molar-refractivity contribution in [3.63, 3.8) is 0 Å². The second-order valence-corrected chi connectivity index (χ2v) is 9.47. The van der Waals surface area contributed by atoms with Crippen LogP contribution in [0.5, 0.6) is 0 Å². The van der Waals surface area contributed by atoms with Crippen LogP contribution in [-0.4, -0.2) is 57.9 Å². The highest BCUT2D eigenvalue weighted by atomic mass is 16.5. The molecule has 0 spiro atoms. The normalized spacial score (nSPS) is 21.4. The van der Waals surface area contributed by atoms with Crippen LogP contribution in [0.15, 0.2) is 48.8 Å². The van der Waals surface area contributed by atoms with Gasteiger partial charge in [-0.2, -0.15) is 5.10 Å². The average molecular weight is 460 g/mol. The second kappa shape index (κ2) is 10.1. The Morgan fingerprint density at radius 1 is 0.971 bits per heavy atom. The lowest BCUT2D eigenvalue weighted by Crippen LogP contribution is -2.44. The fraction of sp³-hybridized carbons (Fsp3) is 0.444. The third-order valence-electron chi connectivity index (χ3n) is 7.25. The number of amides is 1. The number of carbonyl (C=O) groups excluding carboxylic acids is 1. The smallest absolute Gasteiger partial charge is 0.259 e. The summed E-state index contributed by atoms with van der Waals surface area (Å²) in [4.78, 5) is 20.2. The van der Waals surface area contributed by atoms with E-state index in [2.05, 4.69) is 21.4 Å². The molecule has 1 N–H and O–H groups in total. The molecule has 2 aliphatic rings. The maximum atomic E-state index is 12.9. The van der Waals surface area contributed by atoms with Gasteiger partial charge in [0.15, 0.2) is 0 Å². The standard InChI is InChI=1S/C27H33N5O2/c1-19-3-8-24(9-4-19)32-20(2)25(18-29-32)27(33)30-22-7-12-26(28-17-22)21-5-10-23(11-6-21)31-13-15-34-16-14-31/h3-4,7-9,12,17-18,21,23H,5-6,10-11,13-16H2,1-2H3,(H,30,33)/t21-,23-. The quantitative estimate of drug-likeness (QED) is 0.608. The van der Waals surface area contributed by atoms with Gasteiger partial charge in [0, 0.05) is 30.7 Å². The summed E-state index contributed by atoms with van der Waals surface area (Å²) in [6, 6.07) is 12.8. The fourth-order valence-electron chi connectivity index (χ4n) is 5.18. The number of rotatable bonds is 5. The zero-order chi connectivity index (χ0) is 23.5. The van der Waals surface area contributed by atoms with Gasteiger partial charge in [0.1, 0.15) is 0 Å². The third kappa shape index (κ3) is 4.91. The largest absolute Gasteiger partial charge is 0.379 e. The number of morpholine rings is 1. The summed E-state index contributed by atoms with van der Waals surface area (Å²) < 4.78 is 7.29. The van der Waals surface area contributed by atoms with Gasteiger partial charge in [-0.3, -0.25) is 14.7 Å². The van der Waals surface area contributed by atoms with E-state index in [9.17, 15) is 4.79 Å². The van der Waals surface area contributed by atoms with Crippen molar-refractivity contribution in [1.29, 1.82) is 0 Å². The van der Waals surface area contributed by atoms with E-state index < -0.39 is 0 Å². The molecule has 3 aromatic rings. The van der Waals surface area contributed by atoms with E-state index in [0.29, 0.717) is 23.2 Å². The van der Waals surface area contributed by atoms with E-state index in [1.165, 1.54) is 18.4 Å². The van der Waals surface area contributed by atoms with Crippen LogP contribution in [0.3, 0.4) is 0 Å². The van der Waals surface area contributed by atoms with Gasteiger partial charge in [0.05, 0.1) is 48.2 Å². The van der Waals surface area contributed by atoms with E-state index in [1.54, 1.807) is 17.1 Å². The molecule has 1 amide bonds. The van der Waals surface area contributed by atoms with Crippen molar-refractivity contribution < 1.29 is 9.53 Å². The van der Waals surface area contributed by atoms with Crippen LogP contribution in [-0.2, 0) is 4.74 Å². The summed E-state index contributed by atoms with van der Waals surface area (Å²) in [5.41, 5.74) is 5.33. The Balaban J connectivity index is 1.19. The predicted molar refractivity (Wildman–Crippen MR) is 133 cm³/mol. The minimum absolute atomic E-state index is 0.170. The van der Waals surface area contributed by atoms with Gasteiger partial charge in [-0.25, -0.2) is 4.68 Å². The van der Waals surface area contributed by atoms with Crippen molar-refractivity contribution in [1.82, 2.24) is 19.7 Å². The molecule has 1 aliphatic heterocycles. The van der Waals surface area contributed by atoms with Crippen LogP contribution in [0.2, 0.25) is 0 Å². The Kier molecular flexibility index (Phi) is 6.74. The first kappa shape index (κ1) is 22.7. The number of ether oxygens (including phenoxy) is 1. The van der Waals surface area contributed by atoms with E-state index in [0.717, 1.165) is 56.2 Å². The maximum Gasteiger partial charge on any atom is 0.259 e. The first-order valence-electron chi connectivity index (χ1n) is 12.3. The number of hydrogen-bond acceptors (Lipinski definition) is 5. The molecule has 3 heterocycles. The first-order valence-corrected chi connectivity index (χ1v) is 12.3. The summed E-state index contributed by atoms with van der Waals surface area (Å²) in [5, 5.41) is 7.40. The number of benzene rings is 1. The number of hydrogen-bond donors (Lipinski definition) is 1. The minimum atomic E-state index is -0.170. The third-order valence-corrected chi connectivity index (χ3v) is 7.25. The molecule has 0 unspecified atom stereocenters. The zero-order valence-corrected chi connectivity index (χ0v) is 20.0. The minimum Gasteiger partial charge on any atom is -0.379 e. The molecule has 7 heteroatoms. The number of pyridine rings is 1. The fourth-order valence-corrected chi connectivity index (χ4v) is 5.18. The van der Waals surface area contributed by atoms with Crippen LogP contribution in [0.25, 0.3) is 5.69 Å². The molecule has 0 atom stereocenters. The van der Waals surface area contributed by atoms with Crippen molar-refractivity contribution in [3.05, 3.63) is 71.3 Å². The molecule has 1 saturated carbocycles. The highest BCUT2D eigenvalue weighted by molar-refractivity contribution is 6.04. The zero-order valence-electron chi connectivity index (χ0n) is 20.0. The summed E-state index contributed by atoms with van der Waals surface area (Å²) in [6.45, 7) is 7.81. The SMILES string of the molecule is Cc1ccc(-n2ncc(C(=O)Nc3ccc([C@H]4CC[C@H](N5CCOCC5)CC4)nc3)c2C)cc1. The molecular weight excluding hydrogens is 426 g/mol. The summed E-state index contributed by atoms with van der Waals surface area (Å²) >= 11 is 0. The summed E-state index contributed by atoms with van der Waals surface area (Å²) in [6.07, 6.45) is 8.17. The molecule has 2 aromatic heterocycles. The Labute approximate surface area is 201 Å². The van der Waals surface area contributed by atoms with Crippen molar-refractivity contribution >= 4 is 11.6 Å². The van der Waals surface area contributed by atoms with Gasteiger partial charge in [-0.05, 0) is 63.8 Å². The number of anilines is 1. The van der Waals surface area contributed by atoms with Crippen LogP contribution < -0.4 is 5.32 Å². The van der Waals surface area contributed by atoms with Crippen LogP contribution in [0.1, 0.15) is 58.9 Å². The Hall–Kier alpha value is -3.03. The number of nitrogens with one attached hydrogen (secondary N) is 1. The van der Waals surface area contributed by atoms with Crippen LogP contribution >= 0.6 is 0 Å². The van der Waals surface area contributed by atoms with Gasteiger partial charge in [-0.15, -0.1) is 0 Å². The highest BCUT2D eigenvalue weighted by Crippen LogP contribution is 2.34. The molecule has 7 nitrogen and oxygen atoms in total. The Bertz CT molecular complexity index is 1110. The topological polar surface area (TPSA) is 72.3 Å². The van der Waals surface area contributed by atoms with E-state index in [4.69, 9.17) is 9.72 Å². The number of nitrogens with zero attached hydrogens (tertiary/aromatic N) is 4. The average Bonchev–Trinajstić information content (AvgIpc) is 3.27. The van der Waals surface area contributed by atoms with Crippen molar-refractivity contribution in [2.45, 2.75) is 51.5 Å². The van der Waals surface area contributed by atoms with Crippen molar-refractivity contribution in [2.75, 3.05) is 31.6 Å². The van der Waals surface area contributed by atoms with E-state index in [1.807, 2.05) is 44.2 Å². The van der Waals surface area contributed by atoms with Gasteiger partial charge in [0.2, 0.25) is 0 Å². The molecule has 1 aromatic carbocycles. The van der Waals surface area contributed by atoms with Gasteiger partial charge in [0.25, 0.3) is 5.91 Å². The number of aromatic nitrogens is 3. The molecule has 2 fully saturated rings.